The van der Waals surface area contributed by atoms with E-state index >= 15 is 0 Å². The quantitative estimate of drug-likeness (QED) is 0.185. The molecular weight excluding hydrogens is 668 g/mol. The number of benzene rings is 2. The molecule has 2 aliphatic heterocycles. The first-order valence-corrected chi connectivity index (χ1v) is 18.1. The number of likely N-dealkylation sites (tertiary alicyclic amines) is 1. The van der Waals surface area contributed by atoms with Crippen molar-refractivity contribution < 1.29 is 33.8 Å². The van der Waals surface area contributed by atoms with Crippen LogP contribution >= 0.6 is 0 Å². The Kier molecular flexibility index (Phi) is 10.9. The Labute approximate surface area is 302 Å². The summed E-state index contributed by atoms with van der Waals surface area (Å²) in [6, 6.07) is 10.1. The summed E-state index contributed by atoms with van der Waals surface area (Å²) in [6.45, 7) is 3.45. The number of aliphatic hydroxyl groups is 1. The smallest absolute Gasteiger partial charge is 0.319 e. The number of amides is 5. The maximum Gasteiger partial charge on any atom is 0.319 e. The number of fused-ring (bicyclic) bond motifs is 1. The van der Waals surface area contributed by atoms with Gasteiger partial charge in [-0.05, 0) is 49.1 Å². The molecule has 6 rings (SSSR count). The minimum absolute atomic E-state index is 0.0123. The Morgan fingerprint density at radius 2 is 1.75 bits per heavy atom. The number of rotatable bonds is 11. The van der Waals surface area contributed by atoms with E-state index in [1.165, 1.54) is 15.8 Å². The summed E-state index contributed by atoms with van der Waals surface area (Å²) in [5.41, 5.74) is 3.46. The van der Waals surface area contributed by atoms with Crippen LogP contribution in [0, 0.1) is 5.92 Å². The van der Waals surface area contributed by atoms with Crippen molar-refractivity contribution in [3.05, 3.63) is 54.4 Å². The molecule has 0 spiro atoms. The first-order valence-electron chi connectivity index (χ1n) is 18.1. The second kappa shape index (κ2) is 15.4. The molecule has 0 radical (unpaired) electrons. The van der Waals surface area contributed by atoms with E-state index in [2.05, 4.69) is 26.3 Å². The number of Topliss-reactive ketones (excluding diaryl/α,β-unsaturated/α-hetero) is 1. The van der Waals surface area contributed by atoms with Gasteiger partial charge in [0, 0.05) is 44.7 Å². The summed E-state index contributed by atoms with van der Waals surface area (Å²) < 4.78 is 6.94. The molecular formula is C37H48N8O7. The fraction of sp³-hybridized carbons (Fsp3) is 0.541. The van der Waals surface area contributed by atoms with Gasteiger partial charge in [0.2, 0.25) is 17.6 Å². The van der Waals surface area contributed by atoms with Crippen LogP contribution in [0.4, 0.5) is 10.5 Å². The Morgan fingerprint density at radius 1 is 1.04 bits per heavy atom. The summed E-state index contributed by atoms with van der Waals surface area (Å²) >= 11 is 0. The third kappa shape index (κ3) is 8.10. The van der Waals surface area contributed by atoms with Gasteiger partial charge in [-0.2, -0.15) is 0 Å². The van der Waals surface area contributed by atoms with Crippen molar-refractivity contribution in [2.24, 2.45) is 11.7 Å². The highest BCUT2D eigenvalue weighted by atomic mass is 16.5. The third-order valence-corrected chi connectivity index (χ3v) is 10.7. The van der Waals surface area contributed by atoms with Crippen LogP contribution in [0.15, 0.2) is 48.7 Å². The number of ether oxygens (including phenoxy) is 1. The Bertz CT molecular complexity index is 1810. The minimum atomic E-state index is -1.58. The molecule has 15 heteroatoms. The number of primary amides is 1. The van der Waals surface area contributed by atoms with Gasteiger partial charge >= 0.3 is 6.03 Å². The van der Waals surface area contributed by atoms with E-state index in [9.17, 15) is 29.1 Å². The average Bonchev–Trinajstić information content (AvgIpc) is 3.80. The number of nitrogens with two attached hydrogens (primary N) is 1. The molecule has 1 aromatic heterocycles. The molecule has 2 aromatic carbocycles. The van der Waals surface area contributed by atoms with Crippen molar-refractivity contribution in [1.82, 2.24) is 30.5 Å². The highest BCUT2D eigenvalue weighted by Gasteiger charge is 2.49. The topological polar surface area (TPSA) is 211 Å². The number of carbonyl (C=O) groups is 5. The molecule has 6 N–H and O–H groups in total. The maximum absolute atomic E-state index is 14.8. The van der Waals surface area contributed by atoms with Crippen molar-refractivity contribution in [2.45, 2.75) is 101 Å². The minimum Gasteiger partial charge on any atom is -0.384 e. The number of hydrogen-bond acceptors (Lipinski definition) is 9. The van der Waals surface area contributed by atoms with E-state index in [1.54, 1.807) is 19.9 Å². The van der Waals surface area contributed by atoms with Gasteiger partial charge < -0.3 is 36.4 Å². The zero-order valence-electron chi connectivity index (χ0n) is 29.7. The van der Waals surface area contributed by atoms with E-state index in [0.717, 1.165) is 42.9 Å². The molecule has 278 valence electrons. The van der Waals surface area contributed by atoms with Crippen LogP contribution < -0.4 is 21.7 Å². The first kappa shape index (κ1) is 36.9. The molecule has 1 aliphatic carbocycles. The second-order valence-electron chi connectivity index (χ2n) is 14.8. The average molecular weight is 717 g/mol. The van der Waals surface area contributed by atoms with Crippen molar-refractivity contribution in [2.75, 3.05) is 25.1 Å². The maximum atomic E-state index is 14.8. The summed E-state index contributed by atoms with van der Waals surface area (Å²) in [5, 5.41) is 29.7. The van der Waals surface area contributed by atoms with Crippen molar-refractivity contribution in [3.63, 3.8) is 0 Å². The fourth-order valence-corrected chi connectivity index (χ4v) is 7.89. The molecule has 3 aliphatic rings. The van der Waals surface area contributed by atoms with Crippen LogP contribution in [0.5, 0.6) is 0 Å². The molecule has 3 heterocycles. The van der Waals surface area contributed by atoms with E-state index in [4.69, 9.17) is 10.5 Å². The predicted octanol–water partition coefficient (Wildman–Crippen LogP) is 2.68. The van der Waals surface area contributed by atoms with Crippen LogP contribution in [0.3, 0.4) is 0 Å². The fourth-order valence-electron chi connectivity index (χ4n) is 7.89. The third-order valence-electron chi connectivity index (χ3n) is 10.7. The zero-order chi connectivity index (χ0) is 37.0. The van der Waals surface area contributed by atoms with Crippen molar-refractivity contribution >= 4 is 46.0 Å². The highest BCUT2D eigenvalue weighted by molar-refractivity contribution is 6.39. The van der Waals surface area contributed by atoms with E-state index in [1.807, 2.05) is 36.4 Å². The van der Waals surface area contributed by atoms with Gasteiger partial charge in [-0.1, -0.05) is 67.6 Å². The van der Waals surface area contributed by atoms with Gasteiger partial charge in [0.05, 0.1) is 17.9 Å². The molecule has 15 nitrogen and oxygen atoms in total. The second-order valence-corrected chi connectivity index (χ2v) is 14.8. The van der Waals surface area contributed by atoms with Gasteiger partial charge in [0.25, 0.3) is 5.91 Å². The van der Waals surface area contributed by atoms with E-state index in [0.29, 0.717) is 17.8 Å². The number of nitrogens with one attached hydrogen (secondary N) is 3. The number of carbonyl (C=O) groups excluding carboxylic acids is 5. The molecule has 2 saturated heterocycles. The summed E-state index contributed by atoms with van der Waals surface area (Å²) in [5.74, 6) is -3.03. The van der Waals surface area contributed by atoms with Crippen molar-refractivity contribution in [3.8, 4) is 0 Å². The van der Waals surface area contributed by atoms with E-state index < -0.39 is 58.8 Å². The van der Waals surface area contributed by atoms with Gasteiger partial charge in [-0.3, -0.25) is 19.2 Å². The Balaban J connectivity index is 1.30. The Hall–Kier alpha value is -4.89. The number of urea groups is 1. The molecule has 5 amide bonds. The number of anilines is 1. The lowest BCUT2D eigenvalue weighted by molar-refractivity contribution is -0.147. The molecule has 0 bridgehead atoms. The van der Waals surface area contributed by atoms with Crippen LogP contribution in [0.25, 0.3) is 10.8 Å². The molecule has 3 fully saturated rings. The Morgan fingerprint density at radius 3 is 2.44 bits per heavy atom. The van der Waals surface area contributed by atoms with Crippen LogP contribution in [0.1, 0.15) is 83.4 Å². The lowest BCUT2D eigenvalue weighted by Gasteiger charge is -2.37. The summed E-state index contributed by atoms with van der Waals surface area (Å²) in [7, 11) is 0. The first-order chi connectivity index (χ1) is 24.8. The predicted molar refractivity (Wildman–Crippen MR) is 191 cm³/mol. The molecule has 3 aromatic rings. The van der Waals surface area contributed by atoms with Crippen LogP contribution in [-0.2, 0) is 29.5 Å². The van der Waals surface area contributed by atoms with Crippen LogP contribution in [0.2, 0.25) is 0 Å². The SMILES string of the molecule is CC(C)(O)c1cnnn1[C@H]1C[C@@H](C(=O)NC2(C(=O)C(N)=O)CCOCC2)N(C(=O)C(CC2CCCCC2)NC(=O)Nc2ccc3ccccc3c2)C1. The normalized spacial score (nSPS) is 21.3. The van der Waals surface area contributed by atoms with Crippen LogP contribution in [-0.4, -0.2) is 91.9 Å². The molecule has 52 heavy (non-hydrogen) atoms. The monoisotopic (exact) mass is 716 g/mol. The number of ketones is 1. The number of aromatic nitrogens is 3. The summed E-state index contributed by atoms with van der Waals surface area (Å²) in [4.78, 5) is 69.3. The molecule has 1 saturated carbocycles. The lowest BCUT2D eigenvalue weighted by atomic mass is 9.84. The standard InChI is InChI=1S/C37H48N8O7/c1-36(2,51)30-21-39-43-45(30)27-20-29(33(48)42-37(31(46)32(38)47)14-16-52-17-15-37)44(22-27)34(49)28(18-23-8-4-3-5-9-23)41-35(50)40-26-13-12-24-10-6-7-11-25(24)19-26/h6-7,10-13,19,21,23,27-29,51H,3-5,8-9,14-18,20,22H2,1-2H3,(H2,38,47)(H,42,48)(H2,40,41,50)/t27-,28?,29-/m0/s1. The lowest BCUT2D eigenvalue weighted by Crippen LogP contribution is -2.64. The molecule has 1 unspecified atom stereocenters. The van der Waals surface area contributed by atoms with Gasteiger partial charge in [0.15, 0.2) is 0 Å². The number of hydrogen-bond donors (Lipinski definition) is 5. The largest absolute Gasteiger partial charge is 0.384 e. The van der Waals surface area contributed by atoms with Gasteiger partial charge in [-0.25, -0.2) is 9.48 Å². The summed E-state index contributed by atoms with van der Waals surface area (Å²) in [6.07, 6.45) is 6.95. The van der Waals surface area contributed by atoms with E-state index in [-0.39, 0.29) is 44.9 Å². The highest BCUT2D eigenvalue weighted by Crippen LogP contribution is 2.34. The number of nitrogens with zero attached hydrogens (tertiary/aromatic N) is 4. The molecule has 3 atom stereocenters. The zero-order valence-corrected chi connectivity index (χ0v) is 29.7. The van der Waals surface area contributed by atoms with Gasteiger partial charge in [-0.15, -0.1) is 5.10 Å². The van der Waals surface area contributed by atoms with Crippen molar-refractivity contribution in [1.29, 1.82) is 0 Å². The van der Waals surface area contributed by atoms with Gasteiger partial charge in [0.1, 0.15) is 23.2 Å².